The number of rotatable bonds is 8. The summed E-state index contributed by atoms with van der Waals surface area (Å²) in [6.45, 7) is 1.40. The molecule has 2 aromatic carbocycles. The van der Waals surface area contributed by atoms with Crippen LogP contribution in [0.3, 0.4) is 0 Å². The van der Waals surface area contributed by atoms with Gasteiger partial charge in [0, 0.05) is 11.1 Å². The Morgan fingerprint density at radius 3 is 2.21 bits per heavy atom. The lowest BCUT2D eigenvalue weighted by Gasteiger charge is -2.14. The lowest BCUT2D eigenvalue weighted by molar-refractivity contribution is -0.120. The van der Waals surface area contributed by atoms with E-state index in [0.717, 1.165) is 0 Å². The van der Waals surface area contributed by atoms with Gasteiger partial charge in [-0.3, -0.25) is 9.59 Å². The van der Waals surface area contributed by atoms with Gasteiger partial charge >= 0.3 is 0 Å². The SMILES string of the molecule is COc1cc(C(=O)NCC(=O)N/N=C(\C)c2cccc(O)c2)cc(OC)c1OC. The minimum absolute atomic E-state index is 0.0981. The molecule has 0 atom stereocenters. The van der Waals surface area contributed by atoms with Crippen LogP contribution in [0.5, 0.6) is 23.0 Å². The van der Waals surface area contributed by atoms with Crippen LogP contribution in [0, 0.1) is 0 Å². The van der Waals surface area contributed by atoms with E-state index in [1.54, 1.807) is 19.1 Å². The maximum Gasteiger partial charge on any atom is 0.259 e. The van der Waals surface area contributed by atoms with Crippen molar-refractivity contribution >= 4 is 17.5 Å². The largest absolute Gasteiger partial charge is 0.508 e. The molecule has 9 heteroatoms. The molecule has 0 heterocycles. The molecule has 2 amide bonds. The number of methoxy groups -OCH3 is 3. The molecule has 0 spiro atoms. The highest BCUT2D eigenvalue weighted by molar-refractivity contribution is 6.00. The standard InChI is InChI=1S/C20H23N3O6/c1-12(13-6-5-7-15(24)8-13)22-23-18(25)11-21-20(26)14-9-16(27-2)19(29-4)17(10-14)28-3/h5-10,24H,11H2,1-4H3,(H,21,26)(H,23,25)/b22-12+. The summed E-state index contributed by atoms with van der Waals surface area (Å²) >= 11 is 0. The summed E-state index contributed by atoms with van der Waals surface area (Å²) in [5, 5.41) is 15.9. The normalized spacial score (nSPS) is 10.8. The van der Waals surface area contributed by atoms with Gasteiger partial charge in [0.1, 0.15) is 5.75 Å². The van der Waals surface area contributed by atoms with E-state index in [1.807, 2.05) is 0 Å². The van der Waals surface area contributed by atoms with Crippen molar-refractivity contribution in [3.05, 3.63) is 47.5 Å². The second-order valence-corrected chi connectivity index (χ2v) is 5.88. The zero-order chi connectivity index (χ0) is 21.4. The van der Waals surface area contributed by atoms with Crippen LogP contribution in [0.1, 0.15) is 22.8 Å². The highest BCUT2D eigenvalue weighted by Crippen LogP contribution is 2.38. The number of aromatic hydroxyl groups is 1. The average Bonchev–Trinajstić information content (AvgIpc) is 2.74. The zero-order valence-electron chi connectivity index (χ0n) is 16.6. The summed E-state index contributed by atoms with van der Waals surface area (Å²) in [6.07, 6.45) is 0. The van der Waals surface area contributed by atoms with Gasteiger partial charge in [-0.25, -0.2) is 5.43 Å². The fraction of sp³-hybridized carbons (Fsp3) is 0.250. The molecule has 0 fully saturated rings. The van der Waals surface area contributed by atoms with Gasteiger partial charge in [0.2, 0.25) is 5.75 Å². The Hall–Kier alpha value is -3.75. The molecular weight excluding hydrogens is 378 g/mol. The monoisotopic (exact) mass is 401 g/mol. The Labute approximate surface area is 168 Å². The van der Waals surface area contributed by atoms with Gasteiger partial charge in [0.25, 0.3) is 11.8 Å². The van der Waals surface area contributed by atoms with Crippen molar-refractivity contribution in [2.75, 3.05) is 27.9 Å². The molecule has 0 unspecified atom stereocenters. The number of nitrogens with one attached hydrogen (secondary N) is 2. The maximum absolute atomic E-state index is 12.4. The van der Waals surface area contributed by atoms with Gasteiger partial charge in [0.15, 0.2) is 11.5 Å². The minimum Gasteiger partial charge on any atom is -0.508 e. The number of amides is 2. The third-order valence-corrected chi connectivity index (χ3v) is 3.95. The summed E-state index contributed by atoms with van der Waals surface area (Å²) in [5.41, 5.74) is 3.76. The Morgan fingerprint density at radius 2 is 1.66 bits per heavy atom. The van der Waals surface area contributed by atoms with Crippen LogP contribution in [0.4, 0.5) is 0 Å². The van der Waals surface area contributed by atoms with Gasteiger partial charge in [-0.1, -0.05) is 12.1 Å². The van der Waals surface area contributed by atoms with E-state index in [2.05, 4.69) is 15.8 Å². The third kappa shape index (κ3) is 5.61. The van der Waals surface area contributed by atoms with Gasteiger partial charge in [-0.05, 0) is 31.2 Å². The number of hydrogen-bond donors (Lipinski definition) is 3. The van der Waals surface area contributed by atoms with Gasteiger partial charge < -0.3 is 24.6 Å². The first-order valence-corrected chi connectivity index (χ1v) is 8.60. The van der Waals surface area contributed by atoms with Gasteiger partial charge in [-0.2, -0.15) is 5.10 Å². The smallest absolute Gasteiger partial charge is 0.259 e. The van der Waals surface area contributed by atoms with E-state index in [4.69, 9.17) is 14.2 Å². The summed E-state index contributed by atoms with van der Waals surface area (Å²) in [4.78, 5) is 24.4. The Balaban J connectivity index is 2.00. The fourth-order valence-corrected chi connectivity index (χ4v) is 2.46. The summed E-state index contributed by atoms with van der Waals surface area (Å²) in [7, 11) is 4.35. The molecule has 0 aliphatic carbocycles. The average molecular weight is 401 g/mol. The molecule has 0 radical (unpaired) electrons. The summed E-state index contributed by atoms with van der Waals surface area (Å²) in [5.74, 6) is 0.112. The number of phenols is 1. The van der Waals surface area contributed by atoms with Gasteiger partial charge in [-0.15, -0.1) is 0 Å². The van der Waals surface area contributed by atoms with E-state index in [9.17, 15) is 14.7 Å². The van der Waals surface area contributed by atoms with E-state index < -0.39 is 11.8 Å². The van der Waals surface area contributed by atoms with Crippen molar-refractivity contribution in [2.45, 2.75) is 6.92 Å². The predicted octanol–water partition coefficient (Wildman–Crippen LogP) is 1.69. The zero-order valence-corrected chi connectivity index (χ0v) is 16.6. The molecule has 0 saturated carbocycles. The number of carbonyl (C=O) groups is 2. The lowest BCUT2D eigenvalue weighted by Crippen LogP contribution is -2.35. The van der Waals surface area contributed by atoms with Crippen LogP contribution in [-0.4, -0.2) is 50.5 Å². The third-order valence-electron chi connectivity index (χ3n) is 3.95. The fourth-order valence-electron chi connectivity index (χ4n) is 2.46. The second kappa shape index (κ2) is 9.98. The first-order chi connectivity index (χ1) is 13.9. The van der Waals surface area contributed by atoms with Gasteiger partial charge in [0.05, 0.1) is 33.6 Å². The van der Waals surface area contributed by atoms with Crippen LogP contribution >= 0.6 is 0 Å². The molecule has 0 aliphatic heterocycles. The molecule has 0 aliphatic rings. The minimum atomic E-state index is -0.509. The second-order valence-electron chi connectivity index (χ2n) is 5.88. The number of nitrogens with zero attached hydrogens (tertiary/aromatic N) is 1. The lowest BCUT2D eigenvalue weighted by atomic mass is 10.1. The van der Waals surface area contributed by atoms with Crippen LogP contribution in [0.2, 0.25) is 0 Å². The number of carbonyl (C=O) groups excluding carboxylic acids is 2. The predicted molar refractivity (Wildman–Crippen MR) is 107 cm³/mol. The van der Waals surface area contributed by atoms with E-state index in [1.165, 1.54) is 45.6 Å². The highest BCUT2D eigenvalue weighted by Gasteiger charge is 2.17. The molecule has 154 valence electrons. The van der Waals surface area contributed by atoms with E-state index in [-0.39, 0.29) is 17.9 Å². The number of hydrazone groups is 1. The number of ether oxygens (including phenoxy) is 3. The van der Waals surface area contributed by atoms with Crippen molar-refractivity contribution in [3.8, 4) is 23.0 Å². The molecule has 2 aromatic rings. The molecular formula is C20H23N3O6. The number of benzene rings is 2. The Kier molecular flexibility index (Phi) is 7.41. The van der Waals surface area contributed by atoms with Crippen molar-refractivity contribution in [2.24, 2.45) is 5.10 Å². The van der Waals surface area contributed by atoms with Crippen LogP contribution in [-0.2, 0) is 4.79 Å². The maximum atomic E-state index is 12.4. The highest BCUT2D eigenvalue weighted by atomic mass is 16.5. The Morgan fingerprint density at radius 1 is 1.00 bits per heavy atom. The first-order valence-electron chi connectivity index (χ1n) is 8.60. The molecule has 9 nitrogen and oxygen atoms in total. The van der Waals surface area contributed by atoms with E-state index >= 15 is 0 Å². The summed E-state index contributed by atoms with van der Waals surface area (Å²) in [6, 6.07) is 9.45. The molecule has 29 heavy (non-hydrogen) atoms. The molecule has 2 rings (SSSR count). The van der Waals surface area contributed by atoms with Crippen molar-refractivity contribution < 1.29 is 28.9 Å². The van der Waals surface area contributed by atoms with Crippen molar-refractivity contribution in [3.63, 3.8) is 0 Å². The number of phenolic OH excluding ortho intramolecular Hbond substituents is 1. The summed E-state index contributed by atoms with van der Waals surface area (Å²) < 4.78 is 15.6. The Bertz CT molecular complexity index is 901. The first kappa shape index (κ1) is 21.5. The molecule has 3 N–H and O–H groups in total. The van der Waals surface area contributed by atoms with Crippen LogP contribution in [0.15, 0.2) is 41.5 Å². The molecule has 0 aromatic heterocycles. The topological polar surface area (TPSA) is 118 Å². The molecule has 0 saturated heterocycles. The van der Waals surface area contributed by atoms with E-state index in [0.29, 0.717) is 28.5 Å². The van der Waals surface area contributed by atoms with Crippen molar-refractivity contribution in [1.82, 2.24) is 10.7 Å². The van der Waals surface area contributed by atoms with Crippen molar-refractivity contribution in [1.29, 1.82) is 0 Å². The van der Waals surface area contributed by atoms with Crippen LogP contribution in [0.25, 0.3) is 0 Å². The quantitative estimate of drug-likeness (QED) is 0.458. The number of hydrogen-bond acceptors (Lipinski definition) is 7. The van der Waals surface area contributed by atoms with Crippen LogP contribution < -0.4 is 25.0 Å². The molecule has 0 bridgehead atoms.